The molecule has 0 radical (unpaired) electrons. The van der Waals surface area contributed by atoms with Gasteiger partial charge in [-0.15, -0.1) is 0 Å². The van der Waals surface area contributed by atoms with Crippen LogP contribution in [0.25, 0.3) is 0 Å². The molecule has 0 fully saturated rings. The zero-order chi connectivity index (χ0) is 14.9. The van der Waals surface area contributed by atoms with Crippen molar-refractivity contribution in [3.63, 3.8) is 0 Å². The molecule has 2 aromatic rings. The van der Waals surface area contributed by atoms with Crippen molar-refractivity contribution in [3.8, 4) is 0 Å². The van der Waals surface area contributed by atoms with E-state index in [-0.39, 0.29) is 11.4 Å². The zero-order valence-corrected chi connectivity index (χ0v) is 12.3. The summed E-state index contributed by atoms with van der Waals surface area (Å²) in [6.45, 7) is 3.53. The van der Waals surface area contributed by atoms with Gasteiger partial charge < -0.3 is 0 Å². The van der Waals surface area contributed by atoms with Gasteiger partial charge in [-0.05, 0) is 37.6 Å². The van der Waals surface area contributed by atoms with Gasteiger partial charge in [-0.3, -0.25) is 4.68 Å². The van der Waals surface area contributed by atoms with Crippen molar-refractivity contribution in [2.24, 2.45) is 7.05 Å². The molecule has 1 aromatic heterocycles. The highest BCUT2D eigenvalue weighted by molar-refractivity contribution is 7.89. The van der Waals surface area contributed by atoms with Crippen LogP contribution in [0.15, 0.2) is 29.3 Å². The van der Waals surface area contributed by atoms with Crippen LogP contribution in [-0.4, -0.2) is 18.2 Å². The maximum absolute atomic E-state index is 13.0. The van der Waals surface area contributed by atoms with Crippen LogP contribution in [0.5, 0.6) is 0 Å². The van der Waals surface area contributed by atoms with Gasteiger partial charge in [-0.25, -0.2) is 17.5 Å². The first-order valence-corrected chi connectivity index (χ1v) is 7.53. The summed E-state index contributed by atoms with van der Waals surface area (Å²) in [5, 5.41) is 4.15. The second kappa shape index (κ2) is 5.34. The summed E-state index contributed by atoms with van der Waals surface area (Å²) in [6.07, 6.45) is 1.76. The third-order valence-electron chi connectivity index (χ3n) is 2.99. The molecule has 1 aromatic carbocycles. The molecule has 0 spiro atoms. The van der Waals surface area contributed by atoms with Crippen molar-refractivity contribution >= 4 is 10.0 Å². The van der Waals surface area contributed by atoms with Crippen LogP contribution in [-0.2, 0) is 23.6 Å². The normalized spacial score (nSPS) is 11.8. The predicted octanol–water partition coefficient (Wildman–Crippen LogP) is 1.65. The van der Waals surface area contributed by atoms with E-state index in [0.29, 0.717) is 5.56 Å². The van der Waals surface area contributed by atoms with Gasteiger partial charge in [-0.2, -0.15) is 5.10 Å². The van der Waals surface area contributed by atoms with Crippen molar-refractivity contribution in [3.05, 3.63) is 47.0 Å². The lowest BCUT2D eigenvalue weighted by Crippen LogP contribution is -2.24. The second-order valence-electron chi connectivity index (χ2n) is 4.65. The topological polar surface area (TPSA) is 64.0 Å². The van der Waals surface area contributed by atoms with Gasteiger partial charge in [0.2, 0.25) is 10.0 Å². The fourth-order valence-electron chi connectivity index (χ4n) is 1.99. The van der Waals surface area contributed by atoms with Crippen molar-refractivity contribution in [2.45, 2.75) is 25.3 Å². The zero-order valence-electron chi connectivity index (χ0n) is 11.5. The lowest BCUT2D eigenvalue weighted by atomic mass is 10.2. The highest BCUT2D eigenvalue weighted by atomic mass is 32.2. The van der Waals surface area contributed by atoms with Gasteiger partial charge in [0.15, 0.2) is 0 Å². The van der Waals surface area contributed by atoms with E-state index in [4.69, 9.17) is 0 Å². The lowest BCUT2D eigenvalue weighted by Gasteiger charge is -2.09. The van der Waals surface area contributed by atoms with E-state index in [9.17, 15) is 12.8 Å². The van der Waals surface area contributed by atoms with Gasteiger partial charge in [0.25, 0.3) is 0 Å². The monoisotopic (exact) mass is 297 g/mol. The average Bonchev–Trinajstić information content (AvgIpc) is 2.65. The molecule has 0 saturated carbocycles. The van der Waals surface area contributed by atoms with Crippen LogP contribution in [0.3, 0.4) is 0 Å². The molecule has 0 saturated heterocycles. The first-order valence-electron chi connectivity index (χ1n) is 6.04. The smallest absolute Gasteiger partial charge is 0.241 e. The number of aryl methyl sites for hydroxylation is 3. The van der Waals surface area contributed by atoms with Gasteiger partial charge in [0.05, 0.1) is 10.6 Å². The summed E-state index contributed by atoms with van der Waals surface area (Å²) >= 11 is 0. The second-order valence-corrected chi connectivity index (χ2v) is 6.38. The summed E-state index contributed by atoms with van der Waals surface area (Å²) in [5.41, 5.74) is 1.95. The minimum absolute atomic E-state index is 0.0837. The van der Waals surface area contributed by atoms with Crippen LogP contribution < -0.4 is 4.72 Å². The summed E-state index contributed by atoms with van der Waals surface area (Å²) in [4.78, 5) is 0.0837. The summed E-state index contributed by atoms with van der Waals surface area (Å²) < 4.78 is 41.5. The molecule has 1 heterocycles. The summed E-state index contributed by atoms with van der Waals surface area (Å²) in [7, 11) is -1.89. The third-order valence-corrected chi connectivity index (χ3v) is 4.56. The Balaban J connectivity index is 2.21. The largest absolute Gasteiger partial charge is 0.275 e. The molecule has 0 amide bonds. The minimum atomic E-state index is -3.67. The number of nitrogens with zero attached hydrogens (tertiary/aromatic N) is 2. The number of hydrogen-bond donors (Lipinski definition) is 1. The Hall–Kier alpha value is -1.73. The van der Waals surface area contributed by atoms with Crippen molar-refractivity contribution in [1.82, 2.24) is 14.5 Å². The fraction of sp³-hybridized carbons (Fsp3) is 0.308. The van der Waals surface area contributed by atoms with Crippen molar-refractivity contribution in [1.29, 1.82) is 0 Å². The highest BCUT2D eigenvalue weighted by Crippen LogP contribution is 2.16. The molecule has 0 aliphatic carbocycles. The molecule has 5 nitrogen and oxygen atoms in total. The lowest BCUT2D eigenvalue weighted by molar-refractivity contribution is 0.579. The molecule has 0 bridgehead atoms. The number of nitrogens with one attached hydrogen (secondary N) is 1. The fourth-order valence-corrected chi connectivity index (χ4v) is 3.22. The Kier molecular flexibility index (Phi) is 3.92. The maximum Gasteiger partial charge on any atom is 0.241 e. The number of benzene rings is 1. The molecule has 108 valence electrons. The van der Waals surface area contributed by atoms with Gasteiger partial charge in [0.1, 0.15) is 5.82 Å². The number of halogens is 1. The van der Waals surface area contributed by atoms with E-state index in [2.05, 4.69) is 9.82 Å². The summed E-state index contributed by atoms with van der Waals surface area (Å²) in [5.74, 6) is -0.454. The first-order chi connectivity index (χ1) is 9.29. The molecule has 1 N–H and O–H groups in total. The SMILES string of the molecule is Cc1cc(F)ccc1S(=O)(=O)NCc1cn(C)nc1C. The molecular weight excluding hydrogens is 281 g/mol. The Morgan fingerprint density at radius 3 is 2.60 bits per heavy atom. The van der Waals surface area contributed by atoms with Crippen molar-refractivity contribution < 1.29 is 12.8 Å². The standard InChI is InChI=1S/C13H16FN3O2S/c1-9-6-12(14)4-5-13(9)20(18,19)15-7-11-8-17(3)16-10(11)2/h4-6,8,15H,7H2,1-3H3. The van der Waals surface area contributed by atoms with E-state index in [1.165, 1.54) is 12.1 Å². The quantitative estimate of drug-likeness (QED) is 0.933. The predicted molar refractivity (Wildman–Crippen MR) is 73.1 cm³/mol. The average molecular weight is 297 g/mol. The molecule has 2 rings (SSSR count). The summed E-state index contributed by atoms with van der Waals surface area (Å²) in [6, 6.07) is 3.60. The maximum atomic E-state index is 13.0. The Morgan fingerprint density at radius 2 is 2.05 bits per heavy atom. The van der Waals surface area contributed by atoms with Gasteiger partial charge >= 0.3 is 0 Å². The molecule has 0 aliphatic rings. The van der Waals surface area contributed by atoms with Crippen LogP contribution >= 0.6 is 0 Å². The van der Waals surface area contributed by atoms with Gasteiger partial charge in [0, 0.05) is 25.4 Å². The van der Waals surface area contributed by atoms with Crippen LogP contribution in [0, 0.1) is 19.7 Å². The Morgan fingerprint density at radius 1 is 1.35 bits per heavy atom. The number of hydrogen-bond acceptors (Lipinski definition) is 3. The van der Waals surface area contributed by atoms with Crippen molar-refractivity contribution in [2.75, 3.05) is 0 Å². The van der Waals surface area contributed by atoms with E-state index < -0.39 is 15.8 Å². The highest BCUT2D eigenvalue weighted by Gasteiger charge is 2.17. The van der Waals surface area contributed by atoms with Crippen LogP contribution in [0.1, 0.15) is 16.8 Å². The van der Waals surface area contributed by atoms with E-state index in [1.54, 1.807) is 24.9 Å². The van der Waals surface area contributed by atoms with Gasteiger partial charge in [-0.1, -0.05) is 0 Å². The van der Waals surface area contributed by atoms with Crippen LogP contribution in [0.2, 0.25) is 0 Å². The first kappa shape index (κ1) is 14.7. The third kappa shape index (κ3) is 3.05. The van der Waals surface area contributed by atoms with E-state index in [1.807, 2.05) is 6.92 Å². The van der Waals surface area contributed by atoms with Crippen LogP contribution in [0.4, 0.5) is 4.39 Å². The molecule has 0 aliphatic heterocycles. The molecule has 20 heavy (non-hydrogen) atoms. The molecular formula is C13H16FN3O2S. The Bertz CT molecular complexity index is 738. The molecule has 0 atom stereocenters. The van der Waals surface area contributed by atoms with E-state index in [0.717, 1.165) is 17.3 Å². The number of sulfonamides is 1. The number of rotatable bonds is 4. The number of aromatic nitrogens is 2. The minimum Gasteiger partial charge on any atom is -0.275 e. The van der Waals surface area contributed by atoms with E-state index >= 15 is 0 Å². The molecule has 0 unspecified atom stereocenters. The molecule has 7 heteroatoms. The Labute approximate surface area is 117 Å².